The van der Waals surface area contributed by atoms with Crippen molar-refractivity contribution in [2.75, 3.05) is 5.73 Å². The second-order valence-electron chi connectivity index (χ2n) is 3.62. The van der Waals surface area contributed by atoms with Crippen LogP contribution in [0.25, 0.3) is 0 Å². The van der Waals surface area contributed by atoms with E-state index in [1.54, 1.807) is 6.92 Å². The second-order valence-corrected chi connectivity index (χ2v) is 3.62. The molecular weight excluding hydrogens is 239 g/mol. The zero-order valence-electron chi connectivity index (χ0n) is 9.61. The van der Waals surface area contributed by atoms with Gasteiger partial charge in [0.25, 0.3) is 5.91 Å². The predicted octanol–water partition coefficient (Wildman–Crippen LogP) is 1.03. The third-order valence-electron chi connectivity index (χ3n) is 2.27. The SMILES string of the molecule is Cc1noc(CNC(=O)c2cccc(F)c2N)n1. The Morgan fingerprint density at radius 1 is 1.56 bits per heavy atom. The van der Waals surface area contributed by atoms with Gasteiger partial charge in [-0.2, -0.15) is 4.98 Å². The number of rotatable bonds is 3. The number of anilines is 1. The number of halogens is 1. The van der Waals surface area contributed by atoms with Crippen molar-refractivity contribution in [2.24, 2.45) is 0 Å². The molecule has 0 aliphatic rings. The van der Waals surface area contributed by atoms with E-state index in [-0.39, 0.29) is 23.7 Å². The van der Waals surface area contributed by atoms with Crippen molar-refractivity contribution in [1.82, 2.24) is 15.5 Å². The normalized spacial score (nSPS) is 10.3. The Balaban J connectivity index is 2.06. The second kappa shape index (κ2) is 4.82. The van der Waals surface area contributed by atoms with Gasteiger partial charge >= 0.3 is 0 Å². The topological polar surface area (TPSA) is 94.0 Å². The van der Waals surface area contributed by atoms with Crippen LogP contribution in [0.4, 0.5) is 10.1 Å². The van der Waals surface area contributed by atoms with Gasteiger partial charge in [0.2, 0.25) is 5.89 Å². The third kappa shape index (κ3) is 2.45. The van der Waals surface area contributed by atoms with Crippen molar-refractivity contribution >= 4 is 11.6 Å². The van der Waals surface area contributed by atoms with Crippen molar-refractivity contribution in [1.29, 1.82) is 0 Å². The maximum Gasteiger partial charge on any atom is 0.253 e. The Hall–Kier alpha value is -2.44. The fourth-order valence-corrected chi connectivity index (χ4v) is 1.40. The molecule has 0 saturated carbocycles. The lowest BCUT2D eigenvalue weighted by atomic mass is 10.1. The summed E-state index contributed by atoms with van der Waals surface area (Å²) in [5.41, 5.74) is 5.36. The largest absolute Gasteiger partial charge is 0.396 e. The third-order valence-corrected chi connectivity index (χ3v) is 2.27. The highest BCUT2D eigenvalue weighted by Crippen LogP contribution is 2.15. The molecule has 94 valence electrons. The fourth-order valence-electron chi connectivity index (χ4n) is 1.40. The van der Waals surface area contributed by atoms with Crippen LogP contribution in [0.1, 0.15) is 22.1 Å². The van der Waals surface area contributed by atoms with Crippen molar-refractivity contribution in [3.05, 3.63) is 41.3 Å². The van der Waals surface area contributed by atoms with Crippen LogP contribution in [-0.2, 0) is 6.54 Å². The summed E-state index contributed by atoms with van der Waals surface area (Å²) in [6.07, 6.45) is 0. The predicted molar refractivity (Wildman–Crippen MR) is 61.0 cm³/mol. The van der Waals surface area contributed by atoms with Gasteiger partial charge in [-0.15, -0.1) is 0 Å². The van der Waals surface area contributed by atoms with Gasteiger partial charge in [0, 0.05) is 0 Å². The van der Waals surface area contributed by atoms with Gasteiger partial charge in [0.1, 0.15) is 5.82 Å². The summed E-state index contributed by atoms with van der Waals surface area (Å²) in [5.74, 6) is -0.375. The first-order valence-electron chi connectivity index (χ1n) is 5.19. The first-order valence-corrected chi connectivity index (χ1v) is 5.19. The summed E-state index contributed by atoms with van der Waals surface area (Å²) < 4.78 is 18.0. The molecular formula is C11H11FN4O2. The van der Waals surface area contributed by atoms with Crippen molar-refractivity contribution in [3.63, 3.8) is 0 Å². The number of aromatic nitrogens is 2. The lowest BCUT2D eigenvalue weighted by molar-refractivity contribution is 0.0947. The summed E-state index contributed by atoms with van der Waals surface area (Å²) in [5, 5.41) is 6.09. The molecule has 0 atom stereocenters. The number of nitrogens with two attached hydrogens (primary N) is 1. The van der Waals surface area contributed by atoms with E-state index in [0.717, 1.165) is 0 Å². The maximum atomic E-state index is 13.2. The maximum absolute atomic E-state index is 13.2. The molecule has 0 aliphatic carbocycles. The van der Waals surface area contributed by atoms with E-state index in [1.807, 2.05) is 0 Å². The number of nitrogens with zero attached hydrogens (tertiary/aromatic N) is 2. The molecule has 0 saturated heterocycles. The van der Waals surface area contributed by atoms with E-state index in [1.165, 1.54) is 18.2 Å². The summed E-state index contributed by atoms with van der Waals surface area (Å²) in [6, 6.07) is 4.04. The van der Waals surface area contributed by atoms with E-state index < -0.39 is 11.7 Å². The highest BCUT2D eigenvalue weighted by atomic mass is 19.1. The molecule has 2 rings (SSSR count). The number of carbonyl (C=O) groups is 1. The van der Waals surface area contributed by atoms with Gasteiger partial charge in [0.15, 0.2) is 5.82 Å². The van der Waals surface area contributed by atoms with E-state index in [0.29, 0.717) is 5.82 Å². The zero-order valence-corrected chi connectivity index (χ0v) is 9.61. The number of hydrogen-bond donors (Lipinski definition) is 2. The first-order chi connectivity index (χ1) is 8.58. The van der Waals surface area contributed by atoms with E-state index in [4.69, 9.17) is 10.3 Å². The van der Waals surface area contributed by atoms with Gasteiger partial charge in [-0.25, -0.2) is 4.39 Å². The van der Waals surface area contributed by atoms with Gasteiger partial charge in [0.05, 0.1) is 17.8 Å². The molecule has 0 unspecified atom stereocenters. The van der Waals surface area contributed by atoms with Crippen molar-refractivity contribution in [2.45, 2.75) is 13.5 Å². The van der Waals surface area contributed by atoms with Crippen LogP contribution in [0, 0.1) is 12.7 Å². The Labute approximate surface area is 102 Å². The number of amides is 1. The molecule has 0 bridgehead atoms. The molecule has 0 spiro atoms. The minimum absolute atomic E-state index is 0.0651. The number of hydrogen-bond acceptors (Lipinski definition) is 5. The van der Waals surface area contributed by atoms with E-state index in [2.05, 4.69) is 15.5 Å². The number of aryl methyl sites for hydroxylation is 1. The van der Waals surface area contributed by atoms with Crippen LogP contribution in [0.3, 0.4) is 0 Å². The summed E-state index contributed by atoms with van der Waals surface area (Å²) in [6.45, 7) is 1.73. The first kappa shape index (κ1) is 12.0. The number of nitrogens with one attached hydrogen (secondary N) is 1. The quantitative estimate of drug-likeness (QED) is 0.793. The standard InChI is InChI=1S/C11H11FN4O2/c1-6-15-9(18-16-6)5-14-11(17)7-3-2-4-8(12)10(7)13/h2-4H,5,13H2,1H3,(H,14,17). The van der Waals surface area contributed by atoms with Gasteiger partial charge in [-0.3, -0.25) is 4.79 Å². The van der Waals surface area contributed by atoms with Gasteiger partial charge in [-0.1, -0.05) is 11.2 Å². The van der Waals surface area contributed by atoms with Crippen LogP contribution in [-0.4, -0.2) is 16.0 Å². The average Bonchev–Trinajstić information content (AvgIpc) is 2.76. The highest BCUT2D eigenvalue weighted by Gasteiger charge is 2.13. The smallest absolute Gasteiger partial charge is 0.253 e. The van der Waals surface area contributed by atoms with Crippen molar-refractivity contribution < 1.29 is 13.7 Å². The lowest BCUT2D eigenvalue weighted by Gasteiger charge is -2.05. The van der Waals surface area contributed by atoms with Gasteiger partial charge in [-0.05, 0) is 19.1 Å². The Bertz CT molecular complexity index is 582. The summed E-state index contributed by atoms with van der Waals surface area (Å²) in [4.78, 5) is 15.7. The molecule has 1 aromatic heterocycles. The minimum Gasteiger partial charge on any atom is -0.396 e. The monoisotopic (exact) mass is 250 g/mol. The molecule has 1 heterocycles. The number of benzene rings is 1. The Morgan fingerprint density at radius 3 is 3.00 bits per heavy atom. The zero-order chi connectivity index (χ0) is 13.1. The molecule has 1 aromatic carbocycles. The summed E-state index contributed by atoms with van der Waals surface area (Å²) >= 11 is 0. The van der Waals surface area contributed by atoms with Gasteiger partial charge < -0.3 is 15.6 Å². The van der Waals surface area contributed by atoms with Crippen LogP contribution in [0.5, 0.6) is 0 Å². The molecule has 6 nitrogen and oxygen atoms in total. The highest BCUT2D eigenvalue weighted by molar-refractivity contribution is 5.99. The molecule has 0 aliphatic heterocycles. The minimum atomic E-state index is -0.628. The number of nitrogen functional groups attached to an aromatic ring is 1. The van der Waals surface area contributed by atoms with Crippen LogP contribution >= 0.6 is 0 Å². The van der Waals surface area contributed by atoms with Crippen LogP contribution < -0.4 is 11.1 Å². The van der Waals surface area contributed by atoms with Crippen molar-refractivity contribution in [3.8, 4) is 0 Å². The van der Waals surface area contributed by atoms with E-state index in [9.17, 15) is 9.18 Å². The molecule has 3 N–H and O–H groups in total. The molecule has 0 fully saturated rings. The molecule has 2 aromatic rings. The Morgan fingerprint density at radius 2 is 2.33 bits per heavy atom. The lowest BCUT2D eigenvalue weighted by Crippen LogP contribution is -2.24. The number of para-hydroxylation sites is 1. The fraction of sp³-hybridized carbons (Fsp3) is 0.182. The average molecular weight is 250 g/mol. The van der Waals surface area contributed by atoms with E-state index >= 15 is 0 Å². The van der Waals surface area contributed by atoms with Crippen LogP contribution in [0.15, 0.2) is 22.7 Å². The van der Waals surface area contributed by atoms with Crippen LogP contribution in [0.2, 0.25) is 0 Å². The molecule has 7 heteroatoms. The molecule has 18 heavy (non-hydrogen) atoms. The summed E-state index contributed by atoms with van der Waals surface area (Å²) in [7, 11) is 0. The molecule has 0 radical (unpaired) electrons. The Kier molecular flexibility index (Phi) is 3.22. The number of carbonyl (C=O) groups excluding carboxylic acids is 1. The molecule has 1 amide bonds.